The predicted octanol–water partition coefficient (Wildman–Crippen LogP) is 8.21. The molecule has 0 bridgehead atoms. The summed E-state index contributed by atoms with van der Waals surface area (Å²) < 4.78 is 0. The Hall–Kier alpha value is -5.55. The molecule has 17 heteroatoms. The van der Waals surface area contributed by atoms with Crippen molar-refractivity contribution in [2.45, 2.75) is 202 Å². The lowest BCUT2D eigenvalue weighted by atomic mass is 9.91. The molecule has 0 radical (unpaired) electrons. The van der Waals surface area contributed by atoms with E-state index in [1.165, 1.54) is 9.80 Å². The molecule has 0 saturated carbocycles. The second kappa shape index (κ2) is 35.7. The smallest absolute Gasteiger partial charge is 0.248 e. The Labute approximate surface area is 505 Å². The summed E-state index contributed by atoms with van der Waals surface area (Å²) in [5.74, 6) is -0.416. The van der Waals surface area contributed by atoms with Gasteiger partial charge < -0.3 is 60.7 Å². The molecule has 1 rings (SSSR count). The van der Waals surface area contributed by atoms with Gasteiger partial charge in [-0.25, -0.2) is 0 Å². The minimum absolute atomic E-state index is 0.0107. The normalized spacial score (nSPS) is 18.2. The molecule has 0 aliphatic carbocycles. The minimum Gasteiger partial charge on any atom is -0.391 e. The van der Waals surface area contributed by atoms with Crippen LogP contribution in [-0.4, -0.2) is 199 Å². The van der Waals surface area contributed by atoms with E-state index in [9.17, 15) is 29.1 Å². The van der Waals surface area contributed by atoms with Crippen LogP contribution in [0.5, 0.6) is 0 Å². The SMILES string of the molecule is C=CCN(C)C(=O)[C@H](CC)NC(=O)C(C[C@H](C)C/C=C/C)N(C)C(=O)C(C(C)O)N(C)C(=C)[C@H](CC(C)C)N(C)C(=C)[C@@H]1CC(C)C=C(CNC(=O)[C@H](C)NC(=C)[C@H](CC(C)C)N(C)C(=O)C(NC(=C)[C@H](CC(C)C)N(C)C)C(C)C)N1C. The van der Waals surface area contributed by atoms with E-state index in [0.29, 0.717) is 56.0 Å². The van der Waals surface area contributed by atoms with Crippen LogP contribution in [0.1, 0.15) is 142 Å². The summed E-state index contributed by atoms with van der Waals surface area (Å²) in [4.78, 5) is 83.9. The molecule has 5 amide bonds. The molecule has 17 nitrogen and oxygen atoms in total. The standard InChI is InChI=1S/C66H119N11O6/c1-28-31-32-45(12)38-59(63(80)70-54(30-3)64(81)72(22)33-29-2)77(27)66(83)61(52(19)78)74(24)51(18)57(36-43(8)9)73(23)50(17)58-39-46(13)37-53(75(58)25)40-67-62(79)49(16)68-48(15)56(35-42(6)7)76(26)65(82)60(44(10)11)69-47(14)55(71(20)21)34-41(4)5/h28-29,31,37,41-46,49,52,54-61,68-69,78H,2,14-15,17-18,30,32-36,38-40H2,1,3-13,16,19-27H3,(H,67,79)(H,70,80)/b31-28+/t45-,46?,49+,52?,54+,55+,56+,57+,58+,59?,60?,61?/m1/s1. The maximum Gasteiger partial charge on any atom is 0.248 e. The average molecular weight is 1160 g/mol. The fourth-order valence-electron chi connectivity index (χ4n) is 11.1. The number of carbonyl (C=O) groups excluding carboxylic acids is 5. The monoisotopic (exact) mass is 1160 g/mol. The van der Waals surface area contributed by atoms with Crippen LogP contribution in [0.2, 0.25) is 0 Å². The molecular weight excluding hydrogens is 1040 g/mol. The van der Waals surface area contributed by atoms with E-state index >= 15 is 0 Å². The largest absolute Gasteiger partial charge is 0.391 e. The summed E-state index contributed by atoms with van der Waals surface area (Å²) in [5.41, 5.74) is 3.76. The third-order valence-electron chi connectivity index (χ3n) is 16.4. The zero-order valence-corrected chi connectivity index (χ0v) is 56.1. The van der Waals surface area contributed by atoms with Gasteiger partial charge in [-0.05, 0) is 115 Å². The molecule has 1 heterocycles. The van der Waals surface area contributed by atoms with Crippen molar-refractivity contribution in [3.63, 3.8) is 0 Å². The molecule has 5 N–H and O–H groups in total. The van der Waals surface area contributed by atoms with E-state index in [1.54, 1.807) is 50.9 Å². The highest BCUT2D eigenvalue weighted by Crippen LogP contribution is 2.33. The van der Waals surface area contributed by atoms with Crippen LogP contribution in [0, 0.1) is 35.5 Å². The highest BCUT2D eigenvalue weighted by atomic mass is 16.3. The van der Waals surface area contributed by atoms with E-state index in [-0.39, 0.29) is 78.0 Å². The summed E-state index contributed by atoms with van der Waals surface area (Å²) in [7, 11) is 14.9. The van der Waals surface area contributed by atoms with Crippen LogP contribution in [-0.2, 0) is 24.0 Å². The van der Waals surface area contributed by atoms with Crippen LogP contribution in [0.4, 0.5) is 0 Å². The molecule has 5 unspecified atom stereocenters. The van der Waals surface area contributed by atoms with Crippen LogP contribution >= 0.6 is 0 Å². The zero-order valence-electron chi connectivity index (χ0n) is 56.1. The van der Waals surface area contributed by atoms with Crippen molar-refractivity contribution in [1.82, 2.24) is 55.6 Å². The van der Waals surface area contributed by atoms with Crippen LogP contribution in [0.15, 0.2) is 85.7 Å². The predicted molar refractivity (Wildman–Crippen MR) is 344 cm³/mol. The van der Waals surface area contributed by atoms with Gasteiger partial charge in [0.1, 0.15) is 30.2 Å². The lowest BCUT2D eigenvalue weighted by Crippen LogP contribution is -2.59. The number of hydrogen-bond donors (Lipinski definition) is 5. The van der Waals surface area contributed by atoms with Crippen LogP contribution < -0.4 is 21.3 Å². The highest BCUT2D eigenvalue weighted by Gasteiger charge is 2.41. The van der Waals surface area contributed by atoms with Gasteiger partial charge in [-0.3, -0.25) is 24.0 Å². The first-order valence-electron chi connectivity index (χ1n) is 30.6. The van der Waals surface area contributed by atoms with Gasteiger partial charge in [0.25, 0.3) is 0 Å². The molecule has 0 spiro atoms. The van der Waals surface area contributed by atoms with E-state index < -0.39 is 48.1 Å². The van der Waals surface area contributed by atoms with E-state index in [2.05, 4.69) is 117 Å². The molecule has 0 fully saturated rings. The van der Waals surface area contributed by atoms with Crippen LogP contribution in [0.3, 0.4) is 0 Å². The maximum atomic E-state index is 14.9. The topological polar surface area (TPSA) is 176 Å². The van der Waals surface area contributed by atoms with Crippen molar-refractivity contribution in [2.75, 3.05) is 69.5 Å². The fraction of sp³-hybridized carbons (Fsp3) is 0.712. The Balaban J connectivity index is 3.44. The van der Waals surface area contributed by atoms with Gasteiger partial charge in [0.2, 0.25) is 29.5 Å². The minimum atomic E-state index is -1.16. The number of carbonyl (C=O) groups is 5. The summed E-state index contributed by atoms with van der Waals surface area (Å²) in [6.45, 7) is 50.7. The lowest BCUT2D eigenvalue weighted by molar-refractivity contribution is -0.146. The fourth-order valence-corrected chi connectivity index (χ4v) is 11.1. The molecule has 0 aromatic heterocycles. The zero-order chi connectivity index (χ0) is 64.1. The van der Waals surface area contributed by atoms with Gasteiger partial charge in [0, 0.05) is 83.4 Å². The Morgan fingerprint density at radius 2 is 1.23 bits per heavy atom. The molecule has 12 atom stereocenters. The maximum absolute atomic E-state index is 14.9. The van der Waals surface area contributed by atoms with Crippen molar-refractivity contribution in [3.05, 3.63) is 85.7 Å². The first-order chi connectivity index (χ1) is 38.5. The molecular formula is C66H119N11O6. The summed E-state index contributed by atoms with van der Waals surface area (Å²) in [6, 6.07) is -4.86. The van der Waals surface area contributed by atoms with Crippen molar-refractivity contribution in [2.24, 2.45) is 35.5 Å². The van der Waals surface area contributed by atoms with Gasteiger partial charge in [-0.15, -0.1) is 6.58 Å². The van der Waals surface area contributed by atoms with Gasteiger partial charge >= 0.3 is 0 Å². The van der Waals surface area contributed by atoms with E-state index in [4.69, 9.17) is 6.58 Å². The number of aliphatic hydroxyl groups is 1. The summed E-state index contributed by atoms with van der Waals surface area (Å²) in [6.07, 6.45) is 11.0. The average Bonchev–Trinajstić information content (AvgIpc) is 3.37. The second-order valence-electron chi connectivity index (χ2n) is 25.8. The van der Waals surface area contributed by atoms with Crippen molar-refractivity contribution in [1.29, 1.82) is 0 Å². The number of allylic oxidation sites excluding steroid dienone is 3. The van der Waals surface area contributed by atoms with Gasteiger partial charge in [-0.1, -0.05) is 127 Å². The summed E-state index contributed by atoms with van der Waals surface area (Å²) in [5, 5.41) is 24.5. The molecule has 1 aliphatic heterocycles. The van der Waals surface area contributed by atoms with E-state index in [1.807, 2.05) is 82.0 Å². The lowest BCUT2D eigenvalue weighted by Gasteiger charge is -2.46. The molecule has 1 aliphatic rings. The molecule has 474 valence electrons. The van der Waals surface area contributed by atoms with Crippen molar-refractivity contribution < 1.29 is 29.1 Å². The molecule has 83 heavy (non-hydrogen) atoms. The number of aliphatic hydroxyl groups excluding tert-OH is 1. The molecule has 0 aromatic carbocycles. The number of hydrogen-bond acceptors (Lipinski definition) is 12. The third kappa shape index (κ3) is 22.8. The Morgan fingerprint density at radius 3 is 1.72 bits per heavy atom. The number of amides is 5. The van der Waals surface area contributed by atoms with Gasteiger partial charge in [-0.2, -0.15) is 0 Å². The third-order valence-corrected chi connectivity index (χ3v) is 16.4. The van der Waals surface area contributed by atoms with Gasteiger partial charge in [0.05, 0.1) is 30.8 Å². The van der Waals surface area contributed by atoms with Crippen molar-refractivity contribution in [3.8, 4) is 0 Å². The molecule has 0 saturated heterocycles. The number of likely N-dealkylation sites (N-methyl/N-ethyl adjacent to an activating group) is 7. The summed E-state index contributed by atoms with van der Waals surface area (Å²) >= 11 is 0. The molecule has 0 aromatic rings. The van der Waals surface area contributed by atoms with Crippen LogP contribution in [0.25, 0.3) is 0 Å². The number of nitrogens with zero attached hydrogens (tertiary/aromatic N) is 7. The first kappa shape index (κ1) is 75.5. The number of rotatable bonds is 38. The van der Waals surface area contributed by atoms with Crippen molar-refractivity contribution >= 4 is 29.5 Å². The first-order valence-corrected chi connectivity index (χ1v) is 30.6. The van der Waals surface area contributed by atoms with E-state index in [0.717, 1.165) is 29.9 Å². The Bertz CT molecular complexity index is 2220. The Morgan fingerprint density at radius 1 is 0.699 bits per heavy atom. The quantitative estimate of drug-likeness (QED) is 0.0376. The second-order valence-corrected chi connectivity index (χ2v) is 25.8. The number of nitrogens with one attached hydrogen (secondary N) is 4. The van der Waals surface area contributed by atoms with Gasteiger partial charge in [0.15, 0.2) is 0 Å². The highest BCUT2D eigenvalue weighted by molar-refractivity contribution is 5.93. The Kier molecular flexibility index (Phi) is 32.4.